The molecule has 0 saturated heterocycles. The van der Waals surface area contributed by atoms with Crippen molar-refractivity contribution in [3.63, 3.8) is 0 Å². The van der Waals surface area contributed by atoms with Crippen molar-refractivity contribution in [3.05, 3.63) is 52.7 Å². The van der Waals surface area contributed by atoms with Gasteiger partial charge in [-0.3, -0.25) is 9.59 Å². The van der Waals surface area contributed by atoms with Crippen LogP contribution in [0.15, 0.2) is 41.5 Å². The van der Waals surface area contributed by atoms with Crippen molar-refractivity contribution in [2.24, 2.45) is 5.10 Å². The Bertz CT molecular complexity index is 835. The van der Waals surface area contributed by atoms with Crippen molar-refractivity contribution in [2.75, 3.05) is 12.4 Å². The number of anilines is 1. The second-order valence-electron chi connectivity index (χ2n) is 5.63. The Morgan fingerprint density at radius 2 is 2.08 bits per heavy atom. The number of hydrogen-bond acceptors (Lipinski definition) is 5. The highest BCUT2D eigenvalue weighted by Crippen LogP contribution is 2.14. The molecule has 8 heteroatoms. The van der Waals surface area contributed by atoms with Gasteiger partial charge < -0.3 is 5.32 Å². The number of benzene rings is 1. The summed E-state index contributed by atoms with van der Waals surface area (Å²) in [6.07, 6.45) is 1.18. The predicted octanol–water partition coefficient (Wildman–Crippen LogP) is 2.27. The van der Waals surface area contributed by atoms with Gasteiger partial charge in [0.25, 0.3) is 5.91 Å². The lowest BCUT2D eigenvalue weighted by atomic mass is 10.1. The van der Waals surface area contributed by atoms with Crippen molar-refractivity contribution < 1.29 is 9.59 Å². The van der Waals surface area contributed by atoms with Crippen molar-refractivity contribution in [2.45, 2.75) is 19.3 Å². The van der Waals surface area contributed by atoms with E-state index in [0.29, 0.717) is 29.4 Å². The van der Waals surface area contributed by atoms with Crippen LogP contribution >= 0.6 is 11.6 Å². The van der Waals surface area contributed by atoms with Crippen LogP contribution in [0.4, 0.5) is 5.82 Å². The van der Waals surface area contributed by atoms with Crippen molar-refractivity contribution in [1.82, 2.24) is 15.2 Å². The number of amides is 2. The average Bonchev–Trinajstić information content (AvgIpc) is 2.59. The number of hydrazone groups is 1. The Hall–Kier alpha value is -2.80. The van der Waals surface area contributed by atoms with Gasteiger partial charge >= 0.3 is 0 Å². The molecule has 2 amide bonds. The molecule has 1 N–H and O–H groups in total. The molecule has 0 bridgehead atoms. The van der Waals surface area contributed by atoms with Crippen LogP contribution in [0.3, 0.4) is 0 Å². The summed E-state index contributed by atoms with van der Waals surface area (Å²) in [5, 5.41) is 16.6. The van der Waals surface area contributed by atoms with Crippen LogP contribution in [0.2, 0.25) is 5.02 Å². The zero-order chi connectivity index (χ0) is 17.8. The molecule has 1 aliphatic rings. The minimum absolute atomic E-state index is 0.110. The molecule has 2 heterocycles. The van der Waals surface area contributed by atoms with Crippen molar-refractivity contribution in [3.8, 4) is 0 Å². The maximum absolute atomic E-state index is 12.2. The van der Waals surface area contributed by atoms with Gasteiger partial charge in [0, 0.05) is 31.3 Å². The Labute approximate surface area is 149 Å². The maximum Gasteiger partial charge on any atom is 0.273 e. The molecule has 25 heavy (non-hydrogen) atoms. The topological polar surface area (TPSA) is 87.6 Å². The molecule has 0 aliphatic carbocycles. The van der Waals surface area contributed by atoms with Gasteiger partial charge in [-0.1, -0.05) is 23.7 Å². The SMILES string of the molecule is CN1N=C(C(=O)Nc2ccc(Cc3cccc(Cl)c3)nn2)CCC1=O. The van der Waals surface area contributed by atoms with E-state index in [-0.39, 0.29) is 18.2 Å². The molecule has 0 fully saturated rings. The van der Waals surface area contributed by atoms with Crippen LogP contribution in [0, 0.1) is 0 Å². The predicted molar refractivity (Wildman–Crippen MR) is 94.4 cm³/mol. The minimum atomic E-state index is -0.378. The third-order valence-electron chi connectivity index (χ3n) is 3.71. The van der Waals surface area contributed by atoms with Crippen molar-refractivity contribution in [1.29, 1.82) is 0 Å². The Kier molecular flexibility index (Phi) is 5.04. The molecule has 0 spiro atoms. The van der Waals surface area contributed by atoms with Crippen LogP contribution in [-0.2, 0) is 16.0 Å². The fourth-order valence-electron chi connectivity index (χ4n) is 2.40. The Morgan fingerprint density at radius 3 is 2.76 bits per heavy atom. The molecular weight excluding hydrogens is 342 g/mol. The first-order valence-corrected chi connectivity index (χ1v) is 8.11. The highest BCUT2D eigenvalue weighted by atomic mass is 35.5. The number of hydrogen-bond donors (Lipinski definition) is 1. The van der Waals surface area contributed by atoms with Crippen LogP contribution < -0.4 is 5.32 Å². The first-order chi connectivity index (χ1) is 12.0. The average molecular weight is 358 g/mol. The minimum Gasteiger partial charge on any atom is -0.304 e. The van der Waals surface area contributed by atoms with Crippen LogP contribution in [0.1, 0.15) is 24.1 Å². The van der Waals surface area contributed by atoms with Crippen LogP contribution in [-0.4, -0.2) is 39.8 Å². The lowest BCUT2D eigenvalue weighted by molar-refractivity contribution is -0.130. The Morgan fingerprint density at radius 1 is 1.24 bits per heavy atom. The molecule has 0 unspecified atom stereocenters. The molecule has 1 aromatic carbocycles. The third kappa shape index (κ3) is 4.39. The number of carbonyl (C=O) groups excluding carboxylic acids is 2. The zero-order valence-electron chi connectivity index (χ0n) is 13.6. The van der Waals surface area contributed by atoms with E-state index >= 15 is 0 Å². The molecule has 1 aromatic heterocycles. The summed E-state index contributed by atoms with van der Waals surface area (Å²) >= 11 is 5.97. The fraction of sp³-hybridized carbons (Fsp3) is 0.235. The molecule has 1 aliphatic heterocycles. The summed E-state index contributed by atoms with van der Waals surface area (Å²) in [4.78, 5) is 23.6. The van der Waals surface area contributed by atoms with E-state index in [1.165, 1.54) is 12.1 Å². The third-order valence-corrected chi connectivity index (χ3v) is 3.94. The monoisotopic (exact) mass is 357 g/mol. The largest absolute Gasteiger partial charge is 0.304 e. The lowest BCUT2D eigenvalue weighted by Crippen LogP contribution is -2.34. The highest BCUT2D eigenvalue weighted by Gasteiger charge is 2.22. The first kappa shape index (κ1) is 17.0. The number of carbonyl (C=O) groups is 2. The van der Waals surface area contributed by atoms with Gasteiger partial charge in [-0.2, -0.15) is 10.2 Å². The number of nitrogens with zero attached hydrogens (tertiary/aromatic N) is 4. The summed E-state index contributed by atoms with van der Waals surface area (Å²) in [7, 11) is 1.53. The van der Waals surface area contributed by atoms with Gasteiger partial charge in [0.2, 0.25) is 5.91 Å². The standard InChI is InChI=1S/C17H16ClN5O2/c1-23-16(24)8-6-14(22-23)17(25)19-15-7-5-13(20-21-15)10-11-3-2-4-12(18)9-11/h2-5,7,9H,6,8,10H2,1H3,(H,19,21,25). The summed E-state index contributed by atoms with van der Waals surface area (Å²) in [6.45, 7) is 0. The van der Waals surface area contributed by atoms with Gasteiger partial charge in [-0.25, -0.2) is 5.01 Å². The van der Waals surface area contributed by atoms with Crippen molar-refractivity contribution >= 4 is 34.9 Å². The van der Waals surface area contributed by atoms with Gasteiger partial charge in [0.1, 0.15) is 5.71 Å². The van der Waals surface area contributed by atoms with Gasteiger partial charge in [-0.15, -0.1) is 5.10 Å². The smallest absolute Gasteiger partial charge is 0.273 e. The van der Waals surface area contributed by atoms with E-state index in [0.717, 1.165) is 11.3 Å². The van der Waals surface area contributed by atoms with E-state index in [4.69, 9.17) is 11.6 Å². The van der Waals surface area contributed by atoms with Gasteiger partial charge in [0.05, 0.1) is 5.69 Å². The molecule has 128 valence electrons. The number of aromatic nitrogens is 2. The summed E-state index contributed by atoms with van der Waals surface area (Å²) < 4.78 is 0. The maximum atomic E-state index is 12.2. The van der Waals surface area contributed by atoms with E-state index in [9.17, 15) is 9.59 Å². The van der Waals surface area contributed by atoms with E-state index in [1.54, 1.807) is 12.1 Å². The summed E-state index contributed by atoms with van der Waals surface area (Å²) in [6, 6.07) is 11.0. The second-order valence-corrected chi connectivity index (χ2v) is 6.07. The van der Waals surface area contributed by atoms with Crippen LogP contribution in [0.25, 0.3) is 0 Å². The fourth-order valence-corrected chi connectivity index (χ4v) is 2.61. The molecule has 0 radical (unpaired) electrons. The van der Waals surface area contributed by atoms with E-state index in [1.807, 2.05) is 24.3 Å². The van der Waals surface area contributed by atoms with E-state index in [2.05, 4.69) is 20.6 Å². The molecule has 2 aromatic rings. The molecule has 3 rings (SSSR count). The first-order valence-electron chi connectivity index (χ1n) is 7.74. The van der Waals surface area contributed by atoms with Gasteiger partial charge in [-0.05, 0) is 29.8 Å². The molecule has 7 nitrogen and oxygen atoms in total. The number of halogens is 1. The Balaban J connectivity index is 1.63. The summed E-state index contributed by atoms with van der Waals surface area (Å²) in [5.41, 5.74) is 2.09. The highest BCUT2D eigenvalue weighted by molar-refractivity contribution is 6.43. The summed E-state index contributed by atoms with van der Waals surface area (Å²) in [5.74, 6) is -0.153. The normalized spacial score (nSPS) is 14.2. The van der Waals surface area contributed by atoms with Crippen LogP contribution in [0.5, 0.6) is 0 Å². The number of rotatable bonds is 4. The zero-order valence-corrected chi connectivity index (χ0v) is 14.3. The van der Waals surface area contributed by atoms with Gasteiger partial charge in [0.15, 0.2) is 5.82 Å². The quantitative estimate of drug-likeness (QED) is 0.909. The molecule has 0 atom stereocenters. The van der Waals surface area contributed by atoms with E-state index < -0.39 is 0 Å². The molecular formula is C17H16ClN5O2. The lowest BCUT2D eigenvalue weighted by Gasteiger charge is -2.18. The second kappa shape index (κ2) is 7.40. The molecule has 0 saturated carbocycles. The number of nitrogens with one attached hydrogen (secondary N) is 1.